The van der Waals surface area contributed by atoms with Crippen LogP contribution in [0.4, 0.5) is 0 Å². The van der Waals surface area contributed by atoms with E-state index in [1.165, 1.54) is 82.0 Å². The molecule has 123 valence electrons. The van der Waals surface area contributed by atoms with Gasteiger partial charge in [-0.2, -0.15) is 0 Å². The number of rotatable bonds is 12. The van der Waals surface area contributed by atoms with Crippen LogP contribution in [0.3, 0.4) is 0 Å². The van der Waals surface area contributed by atoms with Gasteiger partial charge in [-0.25, -0.2) is 0 Å². The third-order valence-corrected chi connectivity index (χ3v) is 3.94. The SMILES string of the molecule is CCCC[N+](CCCC)(CCCC)CCCC.[Cu].[I-]. The van der Waals surface area contributed by atoms with Crippen molar-refractivity contribution in [3.8, 4) is 0 Å². The van der Waals surface area contributed by atoms with Crippen LogP contribution in [0.5, 0.6) is 0 Å². The summed E-state index contributed by atoms with van der Waals surface area (Å²) in [6.07, 6.45) is 11.1. The first-order valence-corrected chi connectivity index (χ1v) is 8.09. The van der Waals surface area contributed by atoms with Gasteiger partial charge in [0.25, 0.3) is 0 Å². The zero-order valence-electron chi connectivity index (χ0n) is 13.6. The molecule has 0 bridgehead atoms. The number of hydrogen-bond acceptors (Lipinski definition) is 0. The van der Waals surface area contributed by atoms with Crippen molar-refractivity contribution in [2.45, 2.75) is 79.1 Å². The monoisotopic (exact) mass is 432 g/mol. The molecule has 19 heavy (non-hydrogen) atoms. The van der Waals surface area contributed by atoms with Gasteiger partial charge in [0, 0.05) is 17.1 Å². The molecule has 0 amide bonds. The topological polar surface area (TPSA) is 0 Å². The predicted molar refractivity (Wildman–Crippen MR) is 79.4 cm³/mol. The maximum atomic E-state index is 2.33. The van der Waals surface area contributed by atoms with Crippen molar-refractivity contribution < 1.29 is 45.5 Å². The number of hydrogen-bond donors (Lipinski definition) is 0. The second-order valence-corrected chi connectivity index (χ2v) is 5.65. The molecule has 0 aliphatic carbocycles. The Balaban J connectivity index is -0.00000128. The summed E-state index contributed by atoms with van der Waals surface area (Å²) in [6, 6.07) is 0. The molecular formula is C16H36CuIN. The Labute approximate surface area is 150 Å². The fourth-order valence-corrected chi connectivity index (χ4v) is 2.64. The van der Waals surface area contributed by atoms with Crippen LogP contribution in [0.1, 0.15) is 79.1 Å². The summed E-state index contributed by atoms with van der Waals surface area (Å²) in [5, 5.41) is 0. The largest absolute Gasteiger partial charge is 1.00 e. The number of quaternary nitrogens is 1. The van der Waals surface area contributed by atoms with E-state index in [-0.39, 0.29) is 41.0 Å². The summed E-state index contributed by atoms with van der Waals surface area (Å²) in [7, 11) is 0. The molecule has 0 fully saturated rings. The van der Waals surface area contributed by atoms with E-state index in [0.717, 1.165) is 0 Å². The van der Waals surface area contributed by atoms with Crippen molar-refractivity contribution in [3.05, 3.63) is 0 Å². The first-order valence-electron chi connectivity index (χ1n) is 8.09. The van der Waals surface area contributed by atoms with E-state index in [1.807, 2.05) is 0 Å². The summed E-state index contributed by atoms with van der Waals surface area (Å²) in [5.41, 5.74) is 0. The van der Waals surface area contributed by atoms with E-state index < -0.39 is 0 Å². The van der Waals surface area contributed by atoms with Gasteiger partial charge in [0.1, 0.15) is 0 Å². The third-order valence-electron chi connectivity index (χ3n) is 3.94. The van der Waals surface area contributed by atoms with Crippen molar-refractivity contribution in [2.24, 2.45) is 0 Å². The van der Waals surface area contributed by atoms with Crippen molar-refractivity contribution in [3.63, 3.8) is 0 Å². The molecule has 0 aliphatic rings. The molecule has 0 aliphatic heterocycles. The van der Waals surface area contributed by atoms with Crippen LogP contribution < -0.4 is 24.0 Å². The van der Waals surface area contributed by atoms with Gasteiger partial charge in [-0.05, 0) is 25.7 Å². The summed E-state index contributed by atoms with van der Waals surface area (Å²) >= 11 is 0. The van der Waals surface area contributed by atoms with Crippen LogP contribution in [0.2, 0.25) is 0 Å². The molecule has 1 nitrogen and oxygen atoms in total. The molecule has 0 aromatic carbocycles. The van der Waals surface area contributed by atoms with E-state index in [4.69, 9.17) is 0 Å². The molecule has 1 radical (unpaired) electrons. The quantitative estimate of drug-likeness (QED) is 0.251. The predicted octanol–water partition coefficient (Wildman–Crippen LogP) is 2.01. The van der Waals surface area contributed by atoms with Gasteiger partial charge in [0.05, 0.1) is 26.2 Å². The zero-order valence-corrected chi connectivity index (χ0v) is 16.7. The molecule has 0 aromatic heterocycles. The van der Waals surface area contributed by atoms with Crippen molar-refractivity contribution in [1.82, 2.24) is 0 Å². The smallest absolute Gasteiger partial charge is 0.0786 e. The van der Waals surface area contributed by atoms with Gasteiger partial charge in [0.15, 0.2) is 0 Å². The van der Waals surface area contributed by atoms with Crippen LogP contribution >= 0.6 is 0 Å². The summed E-state index contributed by atoms with van der Waals surface area (Å²) in [6.45, 7) is 15.0. The molecule has 3 heteroatoms. The van der Waals surface area contributed by atoms with Crippen LogP contribution in [0, 0.1) is 0 Å². The van der Waals surface area contributed by atoms with Crippen molar-refractivity contribution in [1.29, 1.82) is 0 Å². The molecule has 0 aromatic rings. The van der Waals surface area contributed by atoms with Crippen molar-refractivity contribution in [2.75, 3.05) is 26.2 Å². The molecule has 0 spiro atoms. The van der Waals surface area contributed by atoms with Crippen LogP contribution in [0.25, 0.3) is 0 Å². The van der Waals surface area contributed by atoms with Gasteiger partial charge < -0.3 is 28.5 Å². The Bertz CT molecular complexity index is 127. The number of halogens is 1. The average Bonchev–Trinajstić information content (AvgIpc) is 2.37. The Morgan fingerprint density at radius 1 is 0.526 bits per heavy atom. The fourth-order valence-electron chi connectivity index (χ4n) is 2.64. The summed E-state index contributed by atoms with van der Waals surface area (Å²) in [5.74, 6) is 0. The van der Waals surface area contributed by atoms with E-state index in [1.54, 1.807) is 0 Å². The third kappa shape index (κ3) is 12.6. The second-order valence-electron chi connectivity index (χ2n) is 5.65. The van der Waals surface area contributed by atoms with Gasteiger partial charge >= 0.3 is 0 Å². The Morgan fingerprint density at radius 2 is 0.737 bits per heavy atom. The van der Waals surface area contributed by atoms with E-state index >= 15 is 0 Å². The van der Waals surface area contributed by atoms with Crippen LogP contribution in [-0.2, 0) is 17.1 Å². The molecule has 0 saturated carbocycles. The average molecular weight is 433 g/mol. The van der Waals surface area contributed by atoms with Gasteiger partial charge in [-0.15, -0.1) is 0 Å². The maximum Gasteiger partial charge on any atom is 0.0786 e. The van der Waals surface area contributed by atoms with Gasteiger partial charge in [-0.3, -0.25) is 0 Å². The number of unbranched alkanes of at least 4 members (excludes halogenated alkanes) is 4. The fraction of sp³-hybridized carbons (Fsp3) is 1.00. The molecule has 0 heterocycles. The second kappa shape index (κ2) is 17.3. The normalized spacial score (nSPS) is 10.7. The Kier molecular flexibility index (Phi) is 22.9. The van der Waals surface area contributed by atoms with E-state index in [9.17, 15) is 0 Å². The van der Waals surface area contributed by atoms with Crippen LogP contribution in [0.15, 0.2) is 0 Å². The molecule has 0 rings (SSSR count). The molecular weight excluding hydrogens is 397 g/mol. The minimum absolute atomic E-state index is 0. The minimum atomic E-state index is 0. The maximum absolute atomic E-state index is 2.33. The van der Waals surface area contributed by atoms with E-state index in [0.29, 0.717) is 0 Å². The summed E-state index contributed by atoms with van der Waals surface area (Å²) < 4.78 is 1.42. The van der Waals surface area contributed by atoms with E-state index in [2.05, 4.69) is 27.7 Å². The zero-order chi connectivity index (χ0) is 13.0. The number of nitrogens with zero attached hydrogens (tertiary/aromatic N) is 1. The Hall–Kier alpha value is 1.21. The molecule has 0 saturated heterocycles. The van der Waals surface area contributed by atoms with Crippen molar-refractivity contribution >= 4 is 0 Å². The minimum Gasteiger partial charge on any atom is -1.00 e. The molecule has 0 atom stereocenters. The first kappa shape index (κ1) is 25.2. The van der Waals surface area contributed by atoms with Crippen LogP contribution in [-0.4, -0.2) is 30.7 Å². The molecule has 0 N–H and O–H groups in total. The summed E-state index contributed by atoms with van der Waals surface area (Å²) in [4.78, 5) is 0. The Morgan fingerprint density at radius 3 is 0.895 bits per heavy atom. The molecule has 0 unspecified atom stereocenters. The standard InChI is InChI=1S/C16H36N.Cu.HI/c1-5-9-13-17(14-10-6-2,15-11-7-3)16-12-8-4;;/h5-16H2,1-4H3;;1H/q+1;;/p-1. The first-order chi connectivity index (χ1) is 8.24. The van der Waals surface area contributed by atoms with Gasteiger partial charge in [-0.1, -0.05) is 53.4 Å². The van der Waals surface area contributed by atoms with Gasteiger partial charge in [0.2, 0.25) is 0 Å².